The van der Waals surface area contributed by atoms with Gasteiger partial charge < -0.3 is 5.32 Å². The summed E-state index contributed by atoms with van der Waals surface area (Å²) in [7, 11) is -3.78. The van der Waals surface area contributed by atoms with E-state index in [4.69, 9.17) is 23.2 Å². The summed E-state index contributed by atoms with van der Waals surface area (Å²) in [5.74, 6) is -0.596. The molecule has 0 bridgehead atoms. The van der Waals surface area contributed by atoms with Crippen molar-refractivity contribution in [2.24, 2.45) is 5.41 Å². The lowest BCUT2D eigenvalue weighted by Gasteiger charge is -2.25. The molecule has 1 amide bonds. The summed E-state index contributed by atoms with van der Waals surface area (Å²) in [6, 6.07) is 8.89. The number of amides is 1. The molecule has 1 rings (SSSR count). The lowest BCUT2D eigenvalue weighted by molar-refractivity contribution is -0.126. The first-order chi connectivity index (χ1) is 17.9. The van der Waals surface area contributed by atoms with Crippen LogP contribution in [0.4, 0.5) is 5.69 Å². The van der Waals surface area contributed by atoms with Gasteiger partial charge in [0.2, 0.25) is 15.9 Å². The first kappa shape index (κ1) is 34.9. The Labute approximate surface area is 241 Å². The van der Waals surface area contributed by atoms with Crippen LogP contribution in [0.1, 0.15) is 105 Å². The van der Waals surface area contributed by atoms with Crippen molar-refractivity contribution >= 4 is 50.6 Å². The third kappa shape index (κ3) is 14.3. The Kier molecular flexibility index (Phi) is 16.7. The summed E-state index contributed by atoms with van der Waals surface area (Å²) in [4.78, 5) is 24.9. The fourth-order valence-corrected chi connectivity index (χ4v) is 6.40. The van der Waals surface area contributed by atoms with Crippen LogP contribution in [0.2, 0.25) is 0 Å². The topological polar surface area (TPSA) is 92.3 Å². The molecule has 0 aliphatic heterocycles. The lowest BCUT2D eigenvalue weighted by atomic mass is 9.87. The van der Waals surface area contributed by atoms with Gasteiger partial charge in [-0.2, -0.15) is 0 Å². The van der Waals surface area contributed by atoms with Crippen LogP contribution < -0.4 is 10.0 Å². The van der Waals surface area contributed by atoms with E-state index in [9.17, 15) is 18.0 Å². The van der Waals surface area contributed by atoms with Crippen LogP contribution in [0.5, 0.6) is 0 Å². The van der Waals surface area contributed by atoms with Crippen molar-refractivity contribution in [2.75, 3.05) is 11.9 Å². The van der Waals surface area contributed by atoms with Gasteiger partial charge in [-0.05, 0) is 31.4 Å². The van der Waals surface area contributed by atoms with E-state index >= 15 is 0 Å². The number of hydrogen-bond donors (Lipinski definition) is 2. The summed E-state index contributed by atoms with van der Waals surface area (Å²) in [5.41, 5.74) is -0.0282. The van der Waals surface area contributed by atoms with Crippen LogP contribution in [0.15, 0.2) is 30.3 Å². The van der Waals surface area contributed by atoms with Crippen molar-refractivity contribution < 1.29 is 18.0 Å². The minimum atomic E-state index is -3.78. The average Bonchev–Trinajstić information content (AvgIpc) is 2.87. The highest BCUT2D eigenvalue weighted by atomic mass is 35.5. The van der Waals surface area contributed by atoms with Crippen molar-refractivity contribution in [1.29, 1.82) is 0 Å². The fourth-order valence-electron chi connectivity index (χ4n) is 4.22. The Morgan fingerprint density at radius 2 is 1.39 bits per heavy atom. The van der Waals surface area contributed by atoms with E-state index in [1.54, 1.807) is 45.0 Å². The third-order valence-corrected chi connectivity index (χ3v) is 9.63. The lowest BCUT2D eigenvalue weighted by Crippen LogP contribution is -2.40. The van der Waals surface area contributed by atoms with E-state index in [1.165, 1.54) is 32.1 Å². The number of para-hydroxylation sites is 1. The number of halogens is 2. The van der Waals surface area contributed by atoms with Crippen molar-refractivity contribution in [3.63, 3.8) is 0 Å². The number of unbranched alkanes of at least 4 members (excludes halogenated alkanes) is 8. The second kappa shape index (κ2) is 18.2. The van der Waals surface area contributed by atoms with E-state index in [0.717, 1.165) is 25.7 Å². The van der Waals surface area contributed by atoms with E-state index in [1.807, 2.05) is 6.07 Å². The highest BCUT2D eigenvalue weighted by Crippen LogP contribution is 2.28. The summed E-state index contributed by atoms with van der Waals surface area (Å²) >= 11 is 12.8. The standard InChI is InChI=1S/C29H48Cl2N2O4S/c1-5-6-7-8-9-10-11-12-16-19-24(20-21-25(30)27(31)28(35)29(2,3)4)38(36,37)32-22-26(34)33-23-17-14-13-15-18-23/h13-15,17-18,24-25,27,32H,5-12,16,19-22H2,1-4H3,(H,33,34). The molecule has 0 fully saturated rings. The average molecular weight is 592 g/mol. The number of sulfonamides is 1. The molecule has 2 N–H and O–H groups in total. The molecule has 0 aliphatic carbocycles. The molecule has 3 atom stereocenters. The molecule has 1 aromatic rings. The van der Waals surface area contributed by atoms with Crippen LogP contribution in [-0.4, -0.2) is 42.7 Å². The van der Waals surface area contributed by atoms with Crippen LogP contribution in [0, 0.1) is 5.41 Å². The zero-order valence-electron chi connectivity index (χ0n) is 23.6. The number of benzene rings is 1. The molecular formula is C29H48Cl2N2O4S. The predicted octanol–water partition coefficient (Wildman–Crippen LogP) is 7.44. The van der Waals surface area contributed by atoms with Gasteiger partial charge in [-0.25, -0.2) is 13.1 Å². The zero-order chi connectivity index (χ0) is 28.6. The minimum Gasteiger partial charge on any atom is -0.325 e. The van der Waals surface area contributed by atoms with Gasteiger partial charge in [0.25, 0.3) is 0 Å². The van der Waals surface area contributed by atoms with Crippen LogP contribution in [0.3, 0.4) is 0 Å². The molecule has 0 aliphatic rings. The number of carbonyl (C=O) groups excluding carboxylic acids is 2. The van der Waals surface area contributed by atoms with E-state index in [2.05, 4.69) is 17.0 Å². The minimum absolute atomic E-state index is 0.159. The highest BCUT2D eigenvalue weighted by molar-refractivity contribution is 7.90. The number of nitrogens with one attached hydrogen (secondary N) is 2. The van der Waals surface area contributed by atoms with Gasteiger partial charge in [-0.3, -0.25) is 9.59 Å². The van der Waals surface area contributed by atoms with Gasteiger partial charge in [-0.15, -0.1) is 23.2 Å². The normalized spacial score (nSPS) is 14.6. The molecule has 0 heterocycles. The first-order valence-corrected chi connectivity index (χ1v) is 16.5. The Bertz CT molecular complexity index is 920. The van der Waals surface area contributed by atoms with Gasteiger partial charge in [0.1, 0.15) is 5.38 Å². The van der Waals surface area contributed by atoms with Gasteiger partial charge in [0.05, 0.1) is 17.2 Å². The molecule has 0 saturated heterocycles. The SMILES string of the molecule is CCCCCCCCCCCC(CCC(Cl)C(Cl)C(=O)C(C)(C)C)S(=O)(=O)NCC(=O)Nc1ccccc1. The van der Waals surface area contributed by atoms with E-state index in [0.29, 0.717) is 12.1 Å². The number of ketones is 1. The predicted molar refractivity (Wildman–Crippen MR) is 161 cm³/mol. The van der Waals surface area contributed by atoms with Crippen LogP contribution in [0.25, 0.3) is 0 Å². The Balaban J connectivity index is 2.69. The van der Waals surface area contributed by atoms with Gasteiger partial charge >= 0.3 is 0 Å². The maximum atomic E-state index is 13.2. The van der Waals surface area contributed by atoms with Crippen LogP contribution in [-0.2, 0) is 19.6 Å². The Hall–Kier alpha value is -1.15. The number of hydrogen-bond acceptors (Lipinski definition) is 4. The zero-order valence-corrected chi connectivity index (χ0v) is 25.9. The highest BCUT2D eigenvalue weighted by Gasteiger charge is 2.34. The molecule has 0 aromatic heterocycles. The molecule has 1 aromatic carbocycles. The maximum Gasteiger partial charge on any atom is 0.239 e. The van der Waals surface area contributed by atoms with Crippen LogP contribution >= 0.6 is 23.2 Å². The van der Waals surface area contributed by atoms with Crippen molar-refractivity contribution in [3.05, 3.63) is 30.3 Å². The first-order valence-electron chi connectivity index (χ1n) is 14.0. The quantitative estimate of drug-likeness (QED) is 0.122. The molecular weight excluding hydrogens is 543 g/mol. The number of carbonyl (C=O) groups is 2. The fraction of sp³-hybridized carbons (Fsp3) is 0.724. The maximum absolute atomic E-state index is 13.2. The second-order valence-corrected chi connectivity index (χ2v) is 14.2. The van der Waals surface area contributed by atoms with Crippen molar-refractivity contribution in [3.8, 4) is 0 Å². The molecule has 0 radical (unpaired) electrons. The van der Waals surface area contributed by atoms with E-state index < -0.39 is 37.3 Å². The Morgan fingerprint density at radius 3 is 1.95 bits per heavy atom. The third-order valence-electron chi connectivity index (χ3n) is 6.63. The summed E-state index contributed by atoms with van der Waals surface area (Å²) in [6.07, 6.45) is 11.2. The van der Waals surface area contributed by atoms with E-state index in [-0.39, 0.29) is 25.2 Å². The van der Waals surface area contributed by atoms with Gasteiger partial charge in [0, 0.05) is 11.1 Å². The molecule has 0 spiro atoms. The molecule has 0 saturated carbocycles. The van der Waals surface area contributed by atoms with Gasteiger partial charge in [-0.1, -0.05) is 104 Å². The number of alkyl halides is 2. The molecule has 9 heteroatoms. The van der Waals surface area contributed by atoms with Crippen molar-refractivity contribution in [1.82, 2.24) is 4.72 Å². The number of Topliss-reactive ketones (excluding diaryl/α,β-unsaturated/α-hetero) is 1. The Morgan fingerprint density at radius 1 is 0.842 bits per heavy atom. The summed E-state index contributed by atoms with van der Waals surface area (Å²) in [5, 5.41) is 0.405. The summed E-state index contributed by atoms with van der Waals surface area (Å²) in [6.45, 7) is 7.22. The molecule has 38 heavy (non-hydrogen) atoms. The number of rotatable bonds is 20. The largest absolute Gasteiger partial charge is 0.325 e. The second-order valence-electron chi connectivity index (χ2n) is 11.1. The molecule has 6 nitrogen and oxygen atoms in total. The number of anilines is 1. The van der Waals surface area contributed by atoms with Crippen molar-refractivity contribution in [2.45, 2.75) is 121 Å². The van der Waals surface area contributed by atoms with Gasteiger partial charge in [0.15, 0.2) is 5.78 Å². The molecule has 3 unspecified atom stereocenters. The monoisotopic (exact) mass is 590 g/mol. The summed E-state index contributed by atoms with van der Waals surface area (Å²) < 4.78 is 28.9. The molecule has 218 valence electrons. The smallest absolute Gasteiger partial charge is 0.239 e.